The van der Waals surface area contributed by atoms with Crippen LogP contribution in [0.3, 0.4) is 0 Å². The second-order valence-electron chi connectivity index (χ2n) is 8.36. The van der Waals surface area contributed by atoms with Crippen molar-refractivity contribution in [1.29, 1.82) is 0 Å². The fourth-order valence-electron chi connectivity index (χ4n) is 4.35. The van der Waals surface area contributed by atoms with E-state index in [9.17, 15) is 18.0 Å². The van der Waals surface area contributed by atoms with E-state index < -0.39 is 15.9 Å². The molecule has 0 aliphatic carbocycles. The van der Waals surface area contributed by atoms with E-state index in [1.54, 1.807) is 4.90 Å². The number of amides is 2. The van der Waals surface area contributed by atoms with Crippen molar-refractivity contribution in [3.05, 3.63) is 24.3 Å². The second kappa shape index (κ2) is 8.53. The summed E-state index contributed by atoms with van der Waals surface area (Å²) in [6.45, 7) is 1.04. The van der Waals surface area contributed by atoms with Crippen LogP contribution in [0, 0.1) is 0 Å². The Morgan fingerprint density at radius 2 is 2.09 bits per heavy atom. The number of carbonyl (C=O) groups is 2. The van der Waals surface area contributed by atoms with E-state index in [2.05, 4.69) is 10.1 Å². The molecule has 0 spiro atoms. The maximum atomic E-state index is 13.6. The number of hydrogen-bond donors (Lipinski definition) is 0. The first-order chi connectivity index (χ1) is 15.4. The molecular weight excluding hydrogens is 452 g/mol. The van der Waals surface area contributed by atoms with Crippen LogP contribution in [0.5, 0.6) is 0 Å². The predicted molar refractivity (Wildman–Crippen MR) is 122 cm³/mol. The molecule has 2 saturated heterocycles. The minimum atomic E-state index is -3.18. The van der Waals surface area contributed by atoms with Gasteiger partial charge >= 0.3 is 0 Å². The Kier molecular flexibility index (Phi) is 5.72. The first-order valence-corrected chi connectivity index (χ1v) is 13.4. The Morgan fingerprint density at radius 3 is 2.81 bits per heavy atom. The Balaban J connectivity index is 1.45. The minimum absolute atomic E-state index is 0.0388. The number of benzene rings is 1. The molecule has 2 atom stereocenters. The second-order valence-corrected chi connectivity index (χ2v) is 11.6. The molecule has 2 fully saturated rings. The van der Waals surface area contributed by atoms with E-state index in [0.29, 0.717) is 24.7 Å². The maximum Gasteiger partial charge on any atom is 0.276 e. The summed E-state index contributed by atoms with van der Waals surface area (Å²) in [5, 5.41) is 6.16. The third-order valence-corrected chi connectivity index (χ3v) is 8.84. The van der Waals surface area contributed by atoms with Crippen LogP contribution >= 0.6 is 11.3 Å². The number of aromatic nitrogens is 1. The third kappa shape index (κ3) is 4.28. The summed E-state index contributed by atoms with van der Waals surface area (Å²) in [5.41, 5.74) is 1.07. The van der Waals surface area contributed by atoms with Crippen LogP contribution in [-0.2, 0) is 24.2 Å². The molecule has 0 unspecified atom stereocenters. The van der Waals surface area contributed by atoms with Crippen LogP contribution in [0.2, 0.25) is 0 Å². The Hall–Kier alpha value is -2.37. The number of thiazole rings is 1. The Labute approximate surface area is 190 Å². The zero-order valence-corrected chi connectivity index (χ0v) is 19.1. The molecule has 9 nitrogen and oxygen atoms in total. The molecule has 0 bridgehead atoms. The normalized spacial score (nSPS) is 25.3. The van der Waals surface area contributed by atoms with Gasteiger partial charge in [-0.25, -0.2) is 18.4 Å². The lowest BCUT2D eigenvalue weighted by molar-refractivity contribution is -0.133. The number of anilines is 1. The molecule has 32 heavy (non-hydrogen) atoms. The number of ether oxygens (including phenoxy) is 1. The number of para-hydroxylation sites is 1. The van der Waals surface area contributed by atoms with Crippen molar-refractivity contribution in [2.24, 2.45) is 5.10 Å². The highest BCUT2D eigenvalue weighted by Gasteiger charge is 2.38. The van der Waals surface area contributed by atoms with Gasteiger partial charge in [0, 0.05) is 19.4 Å². The van der Waals surface area contributed by atoms with Crippen molar-refractivity contribution >= 4 is 54.0 Å². The zero-order chi connectivity index (χ0) is 22.3. The molecule has 170 valence electrons. The van der Waals surface area contributed by atoms with Crippen molar-refractivity contribution < 1.29 is 22.7 Å². The monoisotopic (exact) mass is 476 g/mol. The average molecular weight is 477 g/mol. The van der Waals surface area contributed by atoms with E-state index in [1.807, 2.05) is 24.3 Å². The van der Waals surface area contributed by atoms with Gasteiger partial charge in [-0.1, -0.05) is 23.5 Å². The maximum absolute atomic E-state index is 13.6. The third-order valence-electron chi connectivity index (χ3n) is 6.03. The largest absolute Gasteiger partial charge is 0.376 e. The van der Waals surface area contributed by atoms with E-state index >= 15 is 0 Å². The molecule has 11 heteroatoms. The van der Waals surface area contributed by atoms with Gasteiger partial charge in [-0.2, -0.15) is 5.10 Å². The fraction of sp³-hybridized carbons (Fsp3) is 0.524. The van der Waals surface area contributed by atoms with E-state index in [0.717, 1.165) is 23.1 Å². The van der Waals surface area contributed by atoms with Crippen molar-refractivity contribution in [3.8, 4) is 0 Å². The number of hydrazone groups is 1. The summed E-state index contributed by atoms with van der Waals surface area (Å²) in [4.78, 5) is 32.3. The van der Waals surface area contributed by atoms with Gasteiger partial charge in [-0.05, 0) is 31.4 Å². The van der Waals surface area contributed by atoms with E-state index in [1.165, 1.54) is 16.3 Å². The summed E-state index contributed by atoms with van der Waals surface area (Å²) in [6.07, 6.45) is 2.44. The molecule has 5 rings (SSSR count). The quantitative estimate of drug-likeness (QED) is 0.653. The lowest BCUT2D eigenvalue weighted by Crippen LogP contribution is -2.46. The molecule has 3 aliphatic heterocycles. The average Bonchev–Trinajstić information content (AvgIpc) is 3.51. The molecule has 0 N–H and O–H groups in total. The summed E-state index contributed by atoms with van der Waals surface area (Å²) in [5.74, 6) is -0.620. The summed E-state index contributed by atoms with van der Waals surface area (Å²) < 4.78 is 30.5. The summed E-state index contributed by atoms with van der Waals surface area (Å²) in [6, 6.07) is 7.20. The van der Waals surface area contributed by atoms with Crippen LogP contribution in [0.15, 0.2) is 29.4 Å². The SMILES string of the molecule is O=C(C1=NN([C@@H]2CCS(=O)(=O)C2)C(=O)CC1)N(C[C@@H]1CCCO1)c1nc2ccccc2s1. The van der Waals surface area contributed by atoms with Crippen molar-refractivity contribution in [1.82, 2.24) is 9.99 Å². The van der Waals surface area contributed by atoms with Crippen LogP contribution in [0.1, 0.15) is 32.1 Å². The first-order valence-electron chi connectivity index (χ1n) is 10.8. The van der Waals surface area contributed by atoms with Gasteiger partial charge in [-0.15, -0.1) is 0 Å². The fourth-order valence-corrected chi connectivity index (χ4v) is 7.02. The van der Waals surface area contributed by atoms with E-state index in [4.69, 9.17) is 4.74 Å². The number of hydrogen-bond acceptors (Lipinski definition) is 8. The van der Waals surface area contributed by atoms with Gasteiger partial charge in [0.1, 0.15) is 5.71 Å². The topological polar surface area (TPSA) is 109 Å². The van der Waals surface area contributed by atoms with Gasteiger partial charge < -0.3 is 4.74 Å². The molecule has 0 radical (unpaired) electrons. The van der Waals surface area contributed by atoms with Crippen LogP contribution < -0.4 is 4.90 Å². The number of carbonyl (C=O) groups excluding carboxylic acids is 2. The van der Waals surface area contributed by atoms with E-state index in [-0.39, 0.29) is 48.0 Å². The standard InChI is InChI=1S/C21H24N4O5S2/c26-19-8-7-17(23-25(19)14-9-11-32(28,29)13-14)20(27)24(12-15-4-3-10-30-15)21-22-16-5-1-2-6-18(16)31-21/h1-2,5-6,14-15H,3-4,7-13H2/t14-,15+/m1/s1. The number of rotatable bonds is 5. The molecule has 4 heterocycles. The highest BCUT2D eigenvalue weighted by atomic mass is 32.2. The van der Waals surface area contributed by atoms with Crippen LogP contribution in [-0.4, -0.2) is 72.7 Å². The van der Waals surface area contributed by atoms with Crippen molar-refractivity contribution in [2.45, 2.75) is 44.2 Å². The van der Waals surface area contributed by atoms with Gasteiger partial charge in [0.25, 0.3) is 5.91 Å². The highest BCUT2D eigenvalue weighted by molar-refractivity contribution is 7.91. The molecular formula is C21H24N4O5S2. The first kappa shape index (κ1) is 21.5. The van der Waals surface area contributed by atoms with Gasteiger partial charge in [0.2, 0.25) is 5.91 Å². The zero-order valence-electron chi connectivity index (χ0n) is 17.5. The van der Waals surface area contributed by atoms with Crippen molar-refractivity contribution in [3.63, 3.8) is 0 Å². The van der Waals surface area contributed by atoms with Crippen LogP contribution in [0.25, 0.3) is 10.2 Å². The Bertz CT molecular complexity index is 1150. The lowest BCUT2D eigenvalue weighted by atomic mass is 10.1. The van der Waals surface area contributed by atoms with Crippen molar-refractivity contribution in [2.75, 3.05) is 29.6 Å². The molecule has 1 aromatic carbocycles. The van der Waals surface area contributed by atoms with Crippen LogP contribution in [0.4, 0.5) is 5.13 Å². The molecule has 1 aromatic heterocycles. The lowest BCUT2D eigenvalue weighted by Gasteiger charge is -2.30. The smallest absolute Gasteiger partial charge is 0.276 e. The number of fused-ring (bicyclic) bond motifs is 1. The Morgan fingerprint density at radius 1 is 1.25 bits per heavy atom. The predicted octanol–water partition coefficient (Wildman–Crippen LogP) is 1.97. The summed E-state index contributed by atoms with van der Waals surface area (Å²) in [7, 11) is -3.18. The van der Waals surface area contributed by atoms with Gasteiger partial charge in [0.15, 0.2) is 15.0 Å². The minimum Gasteiger partial charge on any atom is -0.376 e. The molecule has 3 aliphatic rings. The highest BCUT2D eigenvalue weighted by Crippen LogP contribution is 2.31. The molecule has 0 saturated carbocycles. The summed E-state index contributed by atoms with van der Waals surface area (Å²) >= 11 is 1.43. The molecule has 2 aromatic rings. The number of nitrogens with zero attached hydrogens (tertiary/aromatic N) is 4. The van der Waals surface area contributed by atoms with Gasteiger partial charge in [-0.3, -0.25) is 14.5 Å². The molecule has 2 amide bonds. The van der Waals surface area contributed by atoms with Gasteiger partial charge in [0.05, 0.1) is 40.4 Å². The number of sulfone groups is 1.